The average Bonchev–Trinajstić information content (AvgIpc) is 3.12. The van der Waals surface area contributed by atoms with E-state index in [1.807, 2.05) is 0 Å². The topological polar surface area (TPSA) is 57.7 Å². The molecule has 28 heavy (non-hydrogen) atoms. The van der Waals surface area contributed by atoms with E-state index in [4.69, 9.17) is 23.8 Å². The molecule has 140 valence electrons. The first kappa shape index (κ1) is 18.9. The van der Waals surface area contributed by atoms with E-state index in [9.17, 15) is 14.4 Å². The number of amides is 3. The van der Waals surface area contributed by atoms with Crippen molar-refractivity contribution in [3.63, 3.8) is 0 Å². The molecule has 2 aromatic carbocycles. The number of imide groups is 1. The van der Waals surface area contributed by atoms with Gasteiger partial charge in [-0.05, 0) is 35.9 Å². The van der Waals surface area contributed by atoms with Crippen LogP contribution in [0.2, 0.25) is 5.02 Å². The van der Waals surface area contributed by atoms with E-state index in [0.717, 1.165) is 22.2 Å². The molecule has 8 heteroatoms. The van der Waals surface area contributed by atoms with Crippen molar-refractivity contribution in [1.82, 2.24) is 4.90 Å². The summed E-state index contributed by atoms with van der Waals surface area (Å²) in [6.45, 7) is 0. The Morgan fingerprint density at radius 3 is 2.39 bits per heavy atom. The number of thioether (sulfide) groups is 1. The maximum absolute atomic E-state index is 12.9. The van der Waals surface area contributed by atoms with Crippen LogP contribution in [0.3, 0.4) is 0 Å². The van der Waals surface area contributed by atoms with Gasteiger partial charge in [0, 0.05) is 5.02 Å². The minimum absolute atomic E-state index is 0.0889. The van der Waals surface area contributed by atoms with Crippen molar-refractivity contribution in [3.8, 4) is 0 Å². The number of para-hydroxylation sites is 1. The summed E-state index contributed by atoms with van der Waals surface area (Å²) in [6.07, 6.45) is 1.61. The third kappa shape index (κ3) is 3.37. The quantitative estimate of drug-likeness (QED) is 0.422. The van der Waals surface area contributed by atoms with E-state index in [2.05, 4.69) is 0 Å². The average molecular weight is 429 g/mol. The number of nitrogens with zero attached hydrogens (tertiary/aromatic N) is 2. The van der Waals surface area contributed by atoms with Crippen molar-refractivity contribution in [2.45, 2.75) is 12.5 Å². The molecule has 2 aliphatic rings. The third-order valence-corrected chi connectivity index (χ3v) is 6.02. The summed E-state index contributed by atoms with van der Waals surface area (Å²) < 4.78 is 0.270. The first-order valence-corrected chi connectivity index (χ1v) is 10.0. The highest BCUT2D eigenvalue weighted by Crippen LogP contribution is 2.37. The van der Waals surface area contributed by atoms with Gasteiger partial charge in [-0.2, -0.15) is 0 Å². The van der Waals surface area contributed by atoms with Crippen LogP contribution in [0.5, 0.6) is 0 Å². The fraction of sp³-hybridized carbons (Fsp3) is 0.100. The number of carbonyl (C=O) groups is 3. The van der Waals surface area contributed by atoms with Crippen LogP contribution in [0.25, 0.3) is 6.08 Å². The van der Waals surface area contributed by atoms with E-state index in [-0.39, 0.29) is 22.6 Å². The molecule has 1 atom stereocenters. The Hall–Kier alpha value is -2.48. The minimum atomic E-state index is -0.920. The Balaban J connectivity index is 1.60. The first-order chi connectivity index (χ1) is 13.5. The van der Waals surface area contributed by atoms with Gasteiger partial charge in [0.15, 0.2) is 0 Å². The maximum atomic E-state index is 12.9. The lowest BCUT2D eigenvalue weighted by molar-refractivity contribution is -0.129. The minimum Gasteiger partial charge on any atom is -0.280 e. The van der Waals surface area contributed by atoms with Gasteiger partial charge in [0.2, 0.25) is 5.91 Å². The number of anilines is 1. The highest BCUT2D eigenvalue weighted by molar-refractivity contribution is 8.26. The van der Waals surface area contributed by atoms with Crippen LogP contribution in [0.15, 0.2) is 59.5 Å². The summed E-state index contributed by atoms with van der Waals surface area (Å²) in [6, 6.07) is 14.8. The molecule has 0 saturated carbocycles. The Morgan fingerprint density at radius 2 is 1.71 bits per heavy atom. The molecule has 5 nitrogen and oxygen atoms in total. The van der Waals surface area contributed by atoms with Crippen LogP contribution in [0.4, 0.5) is 5.69 Å². The zero-order valence-electron chi connectivity index (χ0n) is 14.4. The normalized spacial score (nSPS) is 21.3. The lowest BCUT2D eigenvalue weighted by atomic mass is 10.2. The molecule has 2 heterocycles. The number of thiocarbonyl (C=S) groups is 1. The van der Waals surface area contributed by atoms with E-state index >= 15 is 0 Å². The summed E-state index contributed by atoms with van der Waals surface area (Å²) in [5.74, 6) is -1.16. The highest BCUT2D eigenvalue weighted by Gasteiger charge is 2.48. The van der Waals surface area contributed by atoms with E-state index < -0.39 is 11.9 Å². The molecule has 0 bridgehead atoms. The summed E-state index contributed by atoms with van der Waals surface area (Å²) >= 11 is 12.3. The van der Waals surface area contributed by atoms with Crippen LogP contribution in [0, 0.1) is 0 Å². The van der Waals surface area contributed by atoms with Gasteiger partial charge in [-0.3, -0.25) is 19.3 Å². The van der Waals surface area contributed by atoms with E-state index in [0.29, 0.717) is 15.6 Å². The van der Waals surface area contributed by atoms with Crippen molar-refractivity contribution in [3.05, 3.63) is 70.1 Å². The molecule has 4 rings (SSSR count). The van der Waals surface area contributed by atoms with Crippen LogP contribution >= 0.6 is 35.6 Å². The zero-order chi connectivity index (χ0) is 19.8. The van der Waals surface area contributed by atoms with Crippen molar-refractivity contribution in [2.75, 3.05) is 4.90 Å². The SMILES string of the molecule is O=C1C[C@H](N2C(=O)/C(=C/c3ccc(Cl)cc3)SC2=S)C(=O)N1c1ccccc1. The number of halogens is 1. The first-order valence-electron chi connectivity index (χ1n) is 8.40. The molecular weight excluding hydrogens is 416 g/mol. The number of benzene rings is 2. The highest BCUT2D eigenvalue weighted by atomic mass is 35.5. The molecule has 2 saturated heterocycles. The molecule has 2 aromatic rings. The molecule has 0 radical (unpaired) electrons. The number of carbonyl (C=O) groups excluding carboxylic acids is 3. The van der Waals surface area contributed by atoms with Crippen molar-refractivity contribution in [1.29, 1.82) is 0 Å². The van der Waals surface area contributed by atoms with Crippen molar-refractivity contribution >= 4 is 69.4 Å². The standard InChI is InChI=1S/C20H13ClN2O3S2/c21-13-8-6-12(7-9-13)10-16-19(26)23(20(27)28-16)15-11-17(24)22(18(15)25)14-4-2-1-3-5-14/h1-10,15H,11H2/b16-10-/t15-/m0/s1. The molecule has 3 amide bonds. The summed E-state index contributed by atoms with van der Waals surface area (Å²) in [5.41, 5.74) is 1.28. The van der Waals surface area contributed by atoms with Gasteiger partial charge >= 0.3 is 0 Å². The second kappa shape index (κ2) is 7.50. The second-order valence-corrected chi connectivity index (χ2v) is 8.34. The summed E-state index contributed by atoms with van der Waals surface area (Å²) in [4.78, 5) is 41.1. The maximum Gasteiger partial charge on any atom is 0.266 e. The zero-order valence-corrected chi connectivity index (χ0v) is 16.8. The summed E-state index contributed by atoms with van der Waals surface area (Å²) in [7, 11) is 0. The largest absolute Gasteiger partial charge is 0.280 e. The predicted octanol–water partition coefficient (Wildman–Crippen LogP) is 3.87. The van der Waals surface area contributed by atoms with E-state index in [1.54, 1.807) is 60.7 Å². The van der Waals surface area contributed by atoms with Crippen molar-refractivity contribution in [2.24, 2.45) is 0 Å². The van der Waals surface area contributed by atoms with Gasteiger partial charge in [0.1, 0.15) is 10.4 Å². The van der Waals surface area contributed by atoms with Gasteiger partial charge in [-0.15, -0.1) is 0 Å². The Morgan fingerprint density at radius 1 is 1.04 bits per heavy atom. The third-order valence-electron chi connectivity index (χ3n) is 4.44. The van der Waals surface area contributed by atoms with Gasteiger partial charge in [0.25, 0.3) is 11.8 Å². The monoisotopic (exact) mass is 428 g/mol. The summed E-state index contributed by atoms with van der Waals surface area (Å²) in [5, 5.41) is 0.598. The molecule has 0 aliphatic carbocycles. The fourth-order valence-electron chi connectivity index (χ4n) is 3.12. The van der Waals surface area contributed by atoms with Gasteiger partial charge < -0.3 is 0 Å². The molecular formula is C20H13ClN2O3S2. The predicted molar refractivity (Wildman–Crippen MR) is 114 cm³/mol. The van der Waals surface area contributed by atoms with Gasteiger partial charge in [-0.1, -0.05) is 65.9 Å². The fourth-order valence-corrected chi connectivity index (χ4v) is 4.61. The number of rotatable bonds is 3. The smallest absolute Gasteiger partial charge is 0.266 e. The molecule has 2 aliphatic heterocycles. The van der Waals surface area contributed by atoms with Gasteiger partial charge in [0.05, 0.1) is 17.0 Å². The van der Waals surface area contributed by atoms with Crippen LogP contribution in [0.1, 0.15) is 12.0 Å². The molecule has 0 unspecified atom stereocenters. The van der Waals surface area contributed by atoms with Crippen LogP contribution < -0.4 is 4.90 Å². The van der Waals surface area contributed by atoms with E-state index in [1.165, 1.54) is 4.90 Å². The van der Waals surface area contributed by atoms with Crippen molar-refractivity contribution < 1.29 is 14.4 Å². The Bertz CT molecular complexity index is 1020. The Kier molecular flexibility index (Phi) is 5.05. The lowest BCUT2D eigenvalue weighted by Gasteiger charge is -2.21. The molecule has 2 fully saturated rings. The van der Waals surface area contributed by atoms with Gasteiger partial charge in [-0.25, -0.2) is 4.90 Å². The molecule has 0 N–H and O–H groups in total. The van der Waals surface area contributed by atoms with Crippen LogP contribution in [-0.2, 0) is 14.4 Å². The number of hydrogen-bond donors (Lipinski definition) is 0. The molecule has 0 spiro atoms. The Labute approximate surface area is 175 Å². The number of hydrogen-bond acceptors (Lipinski definition) is 5. The van der Waals surface area contributed by atoms with Crippen LogP contribution in [-0.4, -0.2) is 33.0 Å². The lowest BCUT2D eigenvalue weighted by Crippen LogP contribution is -2.44. The second-order valence-electron chi connectivity index (χ2n) is 6.23. The molecule has 0 aromatic heterocycles.